The molecule has 2 amide bonds. The van der Waals surface area contributed by atoms with E-state index in [1.807, 2.05) is 57.2 Å². The fraction of sp³-hybridized carbons (Fsp3) is 0.533. The number of hydrogen-bond acceptors (Lipinski definition) is 12. The first-order chi connectivity index (χ1) is 28.5. The number of allylic oxidation sites excluding steroid dienone is 2. The van der Waals surface area contributed by atoms with E-state index in [-0.39, 0.29) is 43.2 Å². The van der Waals surface area contributed by atoms with Crippen LogP contribution in [0.15, 0.2) is 67.1 Å². The molecule has 1 saturated heterocycles. The number of pyridine rings is 1. The number of aromatic nitrogens is 3. The molecule has 3 aromatic rings. The summed E-state index contributed by atoms with van der Waals surface area (Å²) in [4.78, 5) is 70.9. The van der Waals surface area contributed by atoms with Crippen molar-refractivity contribution in [3.63, 3.8) is 0 Å². The van der Waals surface area contributed by atoms with Gasteiger partial charge in [0.25, 0.3) is 5.91 Å². The van der Waals surface area contributed by atoms with Gasteiger partial charge < -0.3 is 19.1 Å². The number of benzene rings is 1. The maximum absolute atomic E-state index is 14.7. The lowest BCUT2D eigenvalue weighted by Crippen LogP contribution is -2.50. The van der Waals surface area contributed by atoms with Crippen LogP contribution in [0.1, 0.15) is 92.9 Å². The molecule has 2 aliphatic heterocycles. The van der Waals surface area contributed by atoms with E-state index in [9.17, 15) is 27.6 Å². The van der Waals surface area contributed by atoms with E-state index in [0.29, 0.717) is 60.7 Å². The standard InChI is InChI=1S/C45H55N5O9S/c1-27(2)57-33-13-11-31(12-14-33)36-20-34(21-37(48-36)38-25-46-17-18-47-38)59-35-22-39-40(52)24-45(43(54)49-60(55,56)44(6)15-16-44)23-32(45)10-8-7-9-28(3)19-29(4)41(58-30(5)51)42(53)50(39)26-35/h8,10-14,17-18,20-21,25,27-29,32,35,39,41H,7,9,15-16,19,22-24,26H2,1-6H3,(H,49,54)/b10-8-/t28?,29-,32-,35-,39+,41+,45-/m1/s1. The zero-order valence-electron chi connectivity index (χ0n) is 35.1. The van der Waals surface area contributed by atoms with Gasteiger partial charge in [-0.25, -0.2) is 13.4 Å². The Hall–Kier alpha value is -5.18. The summed E-state index contributed by atoms with van der Waals surface area (Å²) in [7, 11) is -3.97. The molecule has 1 aromatic carbocycles. The second-order valence-electron chi connectivity index (χ2n) is 17.7. The molecule has 2 aromatic heterocycles. The number of fused-ring (bicyclic) bond motifs is 2. The molecule has 15 heteroatoms. The number of amides is 2. The summed E-state index contributed by atoms with van der Waals surface area (Å²) in [5.74, 6) is -1.66. The molecular weight excluding hydrogens is 787 g/mol. The number of nitrogens with zero attached hydrogens (tertiary/aromatic N) is 4. The highest BCUT2D eigenvalue weighted by atomic mass is 32.2. The highest BCUT2D eigenvalue weighted by Gasteiger charge is 2.62. The number of hydrogen-bond donors (Lipinski definition) is 1. The molecule has 0 spiro atoms. The molecule has 1 N–H and O–H groups in total. The van der Waals surface area contributed by atoms with Crippen LogP contribution < -0.4 is 14.2 Å². The first kappa shape index (κ1) is 42.9. The third-order valence-corrected chi connectivity index (χ3v) is 14.5. The zero-order chi connectivity index (χ0) is 43.0. The number of ketones is 1. The predicted molar refractivity (Wildman–Crippen MR) is 223 cm³/mol. The van der Waals surface area contributed by atoms with Crippen molar-refractivity contribution < 1.29 is 41.8 Å². The maximum Gasteiger partial charge on any atom is 0.303 e. The molecule has 0 bridgehead atoms. The van der Waals surface area contributed by atoms with Gasteiger partial charge in [-0.15, -0.1) is 0 Å². The topological polar surface area (TPSA) is 184 Å². The lowest BCUT2D eigenvalue weighted by atomic mass is 9.89. The molecule has 320 valence electrons. The highest BCUT2D eigenvalue weighted by Crippen LogP contribution is 2.57. The van der Waals surface area contributed by atoms with Crippen molar-refractivity contribution >= 4 is 33.6 Å². The van der Waals surface area contributed by atoms with E-state index in [2.05, 4.69) is 21.6 Å². The molecule has 4 heterocycles. The van der Waals surface area contributed by atoms with E-state index in [1.54, 1.807) is 37.6 Å². The van der Waals surface area contributed by atoms with Crippen molar-refractivity contribution in [2.45, 2.75) is 122 Å². The molecule has 60 heavy (non-hydrogen) atoms. The first-order valence-electron chi connectivity index (χ1n) is 20.9. The van der Waals surface area contributed by atoms with Crippen molar-refractivity contribution in [2.75, 3.05) is 6.54 Å². The average Bonchev–Trinajstić information content (AvgIpc) is 4.08. The number of Topliss-reactive ketones (excluding diaryl/α,β-unsaturated/α-hetero) is 1. The Morgan fingerprint density at radius 3 is 2.38 bits per heavy atom. The van der Waals surface area contributed by atoms with Gasteiger partial charge in [0.15, 0.2) is 11.9 Å². The van der Waals surface area contributed by atoms with Crippen LogP contribution in [0.25, 0.3) is 22.6 Å². The van der Waals surface area contributed by atoms with Gasteiger partial charge in [0.2, 0.25) is 15.9 Å². The molecule has 2 aliphatic carbocycles. The summed E-state index contributed by atoms with van der Waals surface area (Å²) >= 11 is 0. The van der Waals surface area contributed by atoms with Crippen LogP contribution in [-0.4, -0.2) is 87.5 Å². The Morgan fingerprint density at radius 2 is 1.72 bits per heavy atom. The Morgan fingerprint density at radius 1 is 0.983 bits per heavy atom. The molecular formula is C45H55N5O9S. The van der Waals surface area contributed by atoms with Crippen molar-refractivity contribution in [3.05, 3.63) is 67.1 Å². The number of esters is 1. The molecule has 14 nitrogen and oxygen atoms in total. The van der Waals surface area contributed by atoms with Crippen LogP contribution in [0.4, 0.5) is 0 Å². The van der Waals surface area contributed by atoms with Crippen LogP contribution >= 0.6 is 0 Å². The quantitative estimate of drug-likeness (QED) is 0.179. The van der Waals surface area contributed by atoms with Crippen molar-refractivity contribution in [3.8, 4) is 34.1 Å². The fourth-order valence-electron chi connectivity index (χ4n) is 8.50. The van der Waals surface area contributed by atoms with Crippen LogP contribution in [0.2, 0.25) is 0 Å². The third-order valence-electron chi connectivity index (χ3n) is 12.3. The van der Waals surface area contributed by atoms with Gasteiger partial charge in [-0.05, 0) is 95.4 Å². The highest BCUT2D eigenvalue weighted by molar-refractivity contribution is 7.91. The van der Waals surface area contributed by atoms with E-state index in [0.717, 1.165) is 12.0 Å². The summed E-state index contributed by atoms with van der Waals surface area (Å²) < 4.78 is 46.1. The van der Waals surface area contributed by atoms with Crippen molar-refractivity contribution in [1.29, 1.82) is 0 Å². The second kappa shape index (κ2) is 17.1. The van der Waals surface area contributed by atoms with Crippen LogP contribution in [-0.2, 0) is 33.9 Å². The summed E-state index contributed by atoms with van der Waals surface area (Å²) in [6.45, 7) is 10.7. The van der Waals surface area contributed by atoms with Gasteiger partial charge >= 0.3 is 5.97 Å². The van der Waals surface area contributed by atoms with Gasteiger partial charge in [-0.2, -0.15) is 0 Å². The monoisotopic (exact) mass is 841 g/mol. The zero-order valence-corrected chi connectivity index (χ0v) is 35.9. The summed E-state index contributed by atoms with van der Waals surface area (Å²) in [6.07, 6.45) is 9.86. The molecule has 1 unspecified atom stereocenters. The summed E-state index contributed by atoms with van der Waals surface area (Å²) in [5, 5.41) is 0. The largest absolute Gasteiger partial charge is 0.491 e. The number of ether oxygens (including phenoxy) is 3. The Labute approximate surface area is 351 Å². The van der Waals surface area contributed by atoms with Crippen molar-refractivity contribution in [1.82, 2.24) is 24.6 Å². The van der Waals surface area contributed by atoms with E-state index in [4.69, 9.17) is 19.2 Å². The van der Waals surface area contributed by atoms with Gasteiger partial charge in [-0.3, -0.25) is 33.9 Å². The average molecular weight is 842 g/mol. The van der Waals surface area contributed by atoms with Crippen LogP contribution in [0, 0.1) is 23.2 Å². The Bertz CT molecular complexity index is 2250. The lowest BCUT2D eigenvalue weighted by molar-refractivity contribution is -0.163. The minimum Gasteiger partial charge on any atom is -0.491 e. The normalized spacial score (nSPS) is 28.4. The Kier molecular flexibility index (Phi) is 12.2. The second-order valence-corrected chi connectivity index (χ2v) is 19.9. The van der Waals surface area contributed by atoms with Gasteiger partial charge in [-0.1, -0.05) is 26.0 Å². The number of carbonyl (C=O) groups is 4. The Balaban J connectivity index is 1.23. The van der Waals surface area contributed by atoms with Crippen LogP contribution in [0.3, 0.4) is 0 Å². The number of carbonyl (C=O) groups excluding carboxylic acids is 4. The summed E-state index contributed by atoms with van der Waals surface area (Å²) in [5.41, 5.74) is 1.07. The minimum atomic E-state index is -3.97. The number of sulfonamides is 1. The van der Waals surface area contributed by atoms with E-state index >= 15 is 0 Å². The number of rotatable bonds is 10. The summed E-state index contributed by atoms with van der Waals surface area (Å²) in [6, 6.07) is 9.99. The SMILES string of the molecule is CC(=O)O[C@@H]1C(=O)N2C[C@H](Oc3cc(-c4ccc(OC(C)C)cc4)nc(-c4cnccn4)c3)C[C@H]2C(=O)C[C@]2(C(=O)NS(=O)(=O)C3(C)CC3)C[C@H]2/C=C\CCC(C)C[C@H]1C. The maximum atomic E-state index is 14.7. The first-order valence-corrected chi connectivity index (χ1v) is 22.4. The molecule has 4 aliphatic rings. The third kappa shape index (κ3) is 9.40. The molecule has 0 radical (unpaired) electrons. The van der Waals surface area contributed by atoms with Crippen LogP contribution in [0.5, 0.6) is 11.5 Å². The number of nitrogens with one attached hydrogen (secondary N) is 1. The van der Waals surface area contributed by atoms with Gasteiger partial charge in [0.1, 0.15) is 23.3 Å². The fourth-order valence-corrected chi connectivity index (χ4v) is 9.84. The van der Waals surface area contributed by atoms with Gasteiger partial charge in [0.05, 0.1) is 46.4 Å². The van der Waals surface area contributed by atoms with E-state index in [1.165, 1.54) is 11.8 Å². The molecule has 7 rings (SSSR count). The smallest absolute Gasteiger partial charge is 0.303 e. The predicted octanol–water partition coefficient (Wildman–Crippen LogP) is 6.25. The molecule has 3 fully saturated rings. The lowest BCUT2D eigenvalue weighted by Gasteiger charge is -2.31. The molecule has 7 atom stereocenters. The van der Waals surface area contributed by atoms with Crippen molar-refractivity contribution in [2.24, 2.45) is 23.2 Å². The van der Waals surface area contributed by atoms with Gasteiger partial charge in [0, 0.05) is 55.8 Å². The minimum absolute atomic E-state index is 0.00160. The molecule has 2 saturated carbocycles. The van der Waals surface area contributed by atoms with E-state index < -0.39 is 62.0 Å².